The second kappa shape index (κ2) is 4.14. The van der Waals surface area contributed by atoms with E-state index in [0.29, 0.717) is 0 Å². The fraction of sp³-hybridized carbons (Fsp3) is 0.0769. The predicted molar refractivity (Wildman–Crippen MR) is 68.3 cm³/mol. The Morgan fingerprint density at radius 1 is 1.24 bits per heavy atom. The summed E-state index contributed by atoms with van der Waals surface area (Å²) in [6.45, 7) is 0. The number of rotatable bonds is 2. The van der Waals surface area contributed by atoms with E-state index >= 15 is 0 Å². The van der Waals surface area contributed by atoms with Crippen molar-refractivity contribution >= 4 is 23.3 Å². The number of benzene rings is 1. The van der Waals surface area contributed by atoms with Gasteiger partial charge in [0.25, 0.3) is 0 Å². The fourth-order valence-corrected chi connectivity index (χ4v) is 2.68. The first-order valence-electron chi connectivity index (χ1n) is 5.32. The number of fused-ring (bicyclic) bond motifs is 1. The Labute approximate surface area is 103 Å². The lowest BCUT2D eigenvalue weighted by Crippen LogP contribution is -2.27. The summed E-state index contributed by atoms with van der Waals surface area (Å²) in [5, 5.41) is 6.33. The Bertz CT molecular complexity index is 575. The van der Waals surface area contributed by atoms with Crippen LogP contribution in [-0.2, 0) is 4.79 Å². The molecule has 1 N–H and O–H groups in total. The minimum absolute atomic E-state index is 0.338. The summed E-state index contributed by atoms with van der Waals surface area (Å²) < 4.78 is 0. The van der Waals surface area contributed by atoms with Crippen molar-refractivity contribution in [2.75, 3.05) is 0 Å². The van der Waals surface area contributed by atoms with E-state index in [-0.39, 0.29) is 6.04 Å². The van der Waals surface area contributed by atoms with Crippen molar-refractivity contribution in [2.24, 2.45) is 5.10 Å². The second-order valence-electron chi connectivity index (χ2n) is 3.77. The molecule has 2 heterocycles. The molecule has 3 nitrogen and oxygen atoms in total. The Hall–Kier alpha value is -1.94. The van der Waals surface area contributed by atoms with Crippen LogP contribution in [0.4, 0.5) is 0 Å². The number of hydrogen-bond acceptors (Lipinski definition) is 4. The number of carbonyl (C=O) groups excluding carboxylic acids is 1. The highest BCUT2D eigenvalue weighted by Crippen LogP contribution is 2.25. The zero-order valence-electron chi connectivity index (χ0n) is 8.96. The van der Waals surface area contributed by atoms with Crippen LogP contribution < -0.4 is 5.43 Å². The van der Waals surface area contributed by atoms with E-state index in [2.05, 4.69) is 10.5 Å². The van der Waals surface area contributed by atoms with Crippen molar-refractivity contribution < 1.29 is 4.79 Å². The molecule has 1 aliphatic heterocycles. The molecule has 0 spiro atoms. The maximum Gasteiger partial charge on any atom is 0.148 e. The minimum Gasteiger partial charge on any atom is -0.301 e. The minimum atomic E-state index is -0.338. The van der Waals surface area contributed by atoms with Gasteiger partial charge in [-0.3, -0.25) is 5.43 Å². The molecule has 0 radical (unpaired) electrons. The monoisotopic (exact) mass is 242 g/mol. The van der Waals surface area contributed by atoms with Gasteiger partial charge in [0.2, 0.25) is 0 Å². The molecule has 2 aromatic rings. The molecule has 0 saturated carbocycles. The standard InChI is InChI=1S/C13H10N2OS/c16-8-11-9-4-1-2-5-10(9)13(15-14-11)12-6-3-7-17-12/h1-8,11,14H. The smallest absolute Gasteiger partial charge is 0.148 e. The van der Waals surface area contributed by atoms with Crippen LogP contribution in [-0.4, -0.2) is 12.0 Å². The van der Waals surface area contributed by atoms with Crippen LogP contribution in [0, 0.1) is 0 Å². The molecular weight excluding hydrogens is 232 g/mol. The van der Waals surface area contributed by atoms with Gasteiger partial charge in [0.05, 0.1) is 4.88 Å². The van der Waals surface area contributed by atoms with E-state index in [0.717, 1.165) is 28.0 Å². The number of hydrazone groups is 1. The van der Waals surface area contributed by atoms with Crippen LogP contribution in [0.2, 0.25) is 0 Å². The van der Waals surface area contributed by atoms with Gasteiger partial charge in [0.1, 0.15) is 18.0 Å². The van der Waals surface area contributed by atoms with Gasteiger partial charge in [0.15, 0.2) is 0 Å². The van der Waals surface area contributed by atoms with Crippen molar-refractivity contribution in [1.82, 2.24) is 5.43 Å². The number of nitrogens with zero attached hydrogens (tertiary/aromatic N) is 1. The number of aldehydes is 1. The largest absolute Gasteiger partial charge is 0.301 e. The molecule has 3 rings (SSSR count). The van der Waals surface area contributed by atoms with Crippen LogP contribution in [0.15, 0.2) is 46.9 Å². The molecule has 17 heavy (non-hydrogen) atoms. The molecule has 1 aromatic carbocycles. The molecule has 0 amide bonds. The molecule has 0 fully saturated rings. The van der Waals surface area contributed by atoms with Crippen LogP contribution in [0.3, 0.4) is 0 Å². The average Bonchev–Trinajstić information content (AvgIpc) is 2.91. The summed E-state index contributed by atoms with van der Waals surface area (Å²) >= 11 is 1.64. The van der Waals surface area contributed by atoms with Crippen LogP contribution in [0.25, 0.3) is 0 Å². The number of carbonyl (C=O) groups is 1. The molecule has 1 unspecified atom stereocenters. The van der Waals surface area contributed by atoms with Crippen LogP contribution in [0.1, 0.15) is 22.0 Å². The number of thiophene rings is 1. The van der Waals surface area contributed by atoms with Gasteiger partial charge >= 0.3 is 0 Å². The first-order valence-corrected chi connectivity index (χ1v) is 6.20. The van der Waals surface area contributed by atoms with Crippen molar-refractivity contribution in [2.45, 2.75) is 6.04 Å². The predicted octanol–water partition coefficient (Wildman–Crippen LogP) is 2.34. The highest BCUT2D eigenvalue weighted by atomic mass is 32.1. The Morgan fingerprint density at radius 2 is 2.12 bits per heavy atom. The Morgan fingerprint density at radius 3 is 2.88 bits per heavy atom. The maximum absolute atomic E-state index is 11.0. The zero-order valence-corrected chi connectivity index (χ0v) is 9.78. The zero-order chi connectivity index (χ0) is 11.7. The summed E-state index contributed by atoms with van der Waals surface area (Å²) in [5.41, 5.74) is 5.82. The highest BCUT2D eigenvalue weighted by Gasteiger charge is 2.22. The first kappa shape index (κ1) is 10.2. The van der Waals surface area contributed by atoms with Crippen molar-refractivity contribution in [3.63, 3.8) is 0 Å². The summed E-state index contributed by atoms with van der Waals surface area (Å²) in [4.78, 5) is 12.1. The lowest BCUT2D eigenvalue weighted by molar-refractivity contribution is -0.109. The molecular formula is C13H10N2OS. The lowest BCUT2D eigenvalue weighted by Gasteiger charge is -2.21. The molecule has 1 aliphatic rings. The lowest BCUT2D eigenvalue weighted by atomic mass is 9.96. The van der Waals surface area contributed by atoms with E-state index in [1.54, 1.807) is 11.3 Å². The van der Waals surface area contributed by atoms with E-state index in [9.17, 15) is 4.79 Å². The summed E-state index contributed by atoms with van der Waals surface area (Å²) in [5.74, 6) is 0. The third kappa shape index (κ3) is 1.66. The summed E-state index contributed by atoms with van der Waals surface area (Å²) in [7, 11) is 0. The Kier molecular flexibility index (Phi) is 2.49. The van der Waals surface area contributed by atoms with Gasteiger partial charge in [-0.1, -0.05) is 30.3 Å². The summed E-state index contributed by atoms with van der Waals surface area (Å²) in [6.07, 6.45) is 0.882. The molecule has 0 aliphatic carbocycles. The average molecular weight is 242 g/mol. The third-order valence-electron chi connectivity index (χ3n) is 2.76. The molecule has 0 saturated heterocycles. The Balaban J connectivity index is 2.15. The SMILES string of the molecule is O=CC1NN=C(c2cccs2)c2ccccc21. The van der Waals surface area contributed by atoms with Crippen molar-refractivity contribution in [3.05, 3.63) is 57.8 Å². The molecule has 0 bridgehead atoms. The summed E-state index contributed by atoms with van der Waals surface area (Å²) in [6, 6.07) is 11.6. The van der Waals surface area contributed by atoms with Crippen LogP contribution in [0.5, 0.6) is 0 Å². The number of hydrogen-bond donors (Lipinski definition) is 1. The van der Waals surface area contributed by atoms with E-state index in [4.69, 9.17) is 0 Å². The van der Waals surface area contributed by atoms with Crippen LogP contribution >= 0.6 is 11.3 Å². The molecule has 1 atom stereocenters. The van der Waals surface area contributed by atoms with E-state index in [1.807, 2.05) is 41.8 Å². The van der Waals surface area contributed by atoms with E-state index < -0.39 is 0 Å². The molecule has 84 valence electrons. The quantitative estimate of drug-likeness (QED) is 0.821. The van der Waals surface area contributed by atoms with Gasteiger partial charge in [0, 0.05) is 5.56 Å². The topological polar surface area (TPSA) is 41.5 Å². The highest BCUT2D eigenvalue weighted by molar-refractivity contribution is 7.12. The second-order valence-corrected chi connectivity index (χ2v) is 4.72. The molecule has 4 heteroatoms. The van der Waals surface area contributed by atoms with Crippen molar-refractivity contribution in [3.8, 4) is 0 Å². The molecule has 1 aromatic heterocycles. The number of nitrogens with one attached hydrogen (secondary N) is 1. The normalized spacial score (nSPS) is 17.9. The van der Waals surface area contributed by atoms with Gasteiger partial charge in [-0.2, -0.15) is 5.10 Å². The first-order chi connectivity index (χ1) is 8.40. The van der Waals surface area contributed by atoms with E-state index in [1.165, 1.54) is 0 Å². The van der Waals surface area contributed by atoms with Gasteiger partial charge in [-0.05, 0) is 17.0 Å². The van der Waals surface area contributed by atoms with Gasteiger partial charge in [-0.15, -0.1) is 11.3 Å². The van der Waals surface area contributed by atoms with Gasteiger partial charge in [-0.25, -0.2) is 0 Å². The maximum atomic E-state index is 11.0. The van der Waals surface area contributed by atoms with Crippen molar-refractivity contribution in [1.29, 1.82) is 0 Å². The van der Waals surface area contributed by atoms with Gasteiger partial charge < -0.3 is 4.79 Å². The fourth-order valence-electron chi connectivity index (χ4n) is 1.95. The third-order valence-corrected chi connectivity index (χ3v) is 3.63.